The smallest absolute Gasteiger partial charge is 0.307 e. The van der Waals surface area contributed by atoms with E-state index in [9.17, 15) is 22.8 Å². The molecule has 0 heterocycles. The van der Waals surface area contributed by atoms with Gasteiger partial charge in [-0.1, -0.05) is 12.1 Å². The minimum Gasteiger partial charge on any atom is -0.456 e. The topological polar surface area (TPSA) is 119 Å². The molecule has 25 heavy (non-hydrogen) atoms. The Morgan fingerprint density at radius 2 is 1.96 bits per heavy atom. The fourth-order valence-corrected chi connectivity index (χ4v) is 3.05. The summed E-state index contributed by atoms with van der Waals surface area (Å²) in [4.78, 5) is 34.2. The van der Waals surface area contributed by atoms with Crippen molar-refractivity contribution in [2.75, 3.05) is 13.2 Å². The van der Waals surface area contributed by atoms with Gasteiger partial charge in [-0.25, -0.2) is 13.1 Å². The Labute approximate surface area is 146 Å². The number of benzene rings is 1. The van der Waals surface area contributed by atoms with Crippen LogP contribution in [0.5, 0.6) is 0 Å². The Kier molecular flexibility index (Phi) is 6.27. The largest absolute Gasteiger partial charge is 0.456 e. The van der Waals surface area contributed by atoms with Crippen molar-refractivity contribution in [3.8, 4) is 0 Å². The number of esters is 1. The van der Waals surface area contributed by atoms with Gasteiger partial charge in [-0.15, -0.1) is 0 Å². The summed E-state index contributed by atoms with van der Waals surface area (Å²) in [6.07, 6.45) is 1.67. The van der Waals surface area contributed by atoms with Crippen LogP contribution in [0, 0.1) is 0 Å². The van der Waals surface area contributed by atoms with Crippen LogP contribution in [0.25, 0.3) is 0 Å². The number of hydrogen-bond acceptors (Lipinski definition) is 6. The van der Waals surface area contributed by atoms with E-state index in [1.165, 1.54) is 31.2 Å². The number of hydrogen-bond donors (Lipinski definition) is 2. The second-order valence-corrected chi connectivity index (χ2v) is 7.50. The molecule has 0 aliphatic heterocycles. The summed E-state index contributed by atoms with van der Waals surface area (Å²) in [5.41, 5.74) is 0.281. The van der Waals surface area contributed by atoms with Crippen molar-refractivity contribution in [1.82, 2.24) is 10.0 Å². The first kappa shape index (κ1) is 19.1. The lowest BCUT2D eigenvalue weighted by atomic mass is 10.2. The fraction of sp³-hybridized carbons (Fsp3) is 0.438. The number of carbonyl (C=O) groups excluding carboxylic acids is 3. The zero-order valence-electron chi connectivity index (χ0n) is 13.8. The summed E-state index contributed by atoms with van der Waals surface area (Å²) in [6.45, 7) is 0.799. The molecule has 0 bridgehead atoms. The molecule has 0 atom stereocenters. The van der Waals surface area contributed by atoms with Crippen molar-refractivity contribution < 1.29 is 27.5 Å². The predicted molar refractivity (Wildman–Crippen MR) is 88.4 cm³/mol. The lowest BCUT2D eigenvalue weighted by molar-refractivity contribution is -0.148. The highest BCUT2D eigenvalue weighted by molar-refractivity contribution is 7.89. The summed E-state index contributed by atoms with van der Waals surface area (Å²) in [5.74, 6) is -1.28. The van der Waals surface area contributed by atoms with Crippen molar-refractivity contribution in [1.29, 1.82) is 0 Å². The van der Waals surface area contributed by atoms with E-state index >= 15 is 0 Å². The quantitative estimate of drug-likeness (QED) is 0.480. The maximum atomic E-state index is 12.1. The van der Waals surface area contributed by atoms with Crippen LogP contribution in [0.15, 0.2) is 29.2 Å². The van der Waals surface area contributed by atoms with Gasteiger partial charge < -0.3 is 10.1 Å². The maximum Gasteiger partial charge on any atom is 0.307 e. The van der Waals surface area contributed by atoms with Crippen LogP contribution in [-0.4, -0.2) is 45.3 Å². The second kappa shape index (κ2) is 8.21. The number of carbonyl (C=O) groups is 3. The van der Waals surface area contributed by atoms with Gasteiger partial charge in [0.05, 0.1) is 11.3 Å². The molecule has 136 valence electrons. The molecule has 0 spiro atoms. The van der Waals surface area contributed by atoms with Crippen molar-refractivity contribution in [2.24, 2.45) is 0 Å². The lowest BCUT2D eigenvalue weighted by Gasteiger charge is -2.08. The normalized spacial score (nSPS) is 14.0. The van der Waals surface area contributed by atoms with Crippen LogP contribution in [0.3, 0.4) is 0 Å². The second-order valence-electron chi connectivity index (χ2n) is 5.73. The third kappa shape index (κ3) is 6.28. The van der Waals surface area contributed by atoms with E-state index in [0.717, 1.165) is 12.8 Å². The molecule has 1 amide bonds. The summed E-state index contributed by atoms with van der Waals surface area (Å²) >= 11 is 0. The first-order valence-corrected chi connectivity index (χ1v) is 9.32. The fourth-order valence-electron chi connectivity index (χ4n) is 1.97. The van der Waals surface area contributed by atoms with Crippen LogP contribution in [0.2, 0.25) is 0 Å². The maximum absolute atomic E-state index is 12.1. The number of amides is 1. The molecule has 8 nitrogen and oxygen atoms in total. The zero-order chi connectivity index (χ0) is 18.4. The first-order chi connectivity index (χ1) is 11.8. The van der Waals surface area contributed by atoms with Crippen LogP contribution >= 0.6 is 0 Å². The van der Waals surface area contributed by atoms with Gasteiger partial charge >= 0.3 is 5.97 Å². The molecule has 0 aromatic heterocycles. The highest BCUT2D eigenvalue weighted by Gasteiger charge is 2.23. The highest BCUT2D eigenvalue weighted by atomic mass is 32.2. The van der Waals surface area contributed by atoms with Crippen molar-refractivity contribution in [2.45, 2.75) is 37.1 Å². The minimum absolute atomic E-state index is 0.0580. The SMILES string of the molecule is CC(=O)c1cccc(S(=O)(=O)NCCC(=O)OCC(=O)NC2CC2)c1. The van der Waals surface area contributed by atoms with E-state index < -0.39 is 16.0 Å². The predicted octanol–water partition coefficient (Wildman–Crippen LogP) is 0.379. The molecule has 1 aliphatic rings. The number of Topliss-reactive ketones (excluding diaryl/α,β-unsaturated/α-hetero) is 1. The highest BCUT2D eigenvalue weighted by Crippen LogP contribution is 2.18. The van der Waals surface area contributed by atoms with Gasteiger partial charge in [0.2, 0.25) is 10.0 Å². The number of sulfonamides is 1. The molecular weight excluding hydrogens is 348 g/mol. The summed E-state index contributed by atoms with van der Waals surface area (Å²) in [6, 6.07) is 5.80. The Morgan fingerprint density at radius 3 is 2.60 bits per heavy atom. The zero-order valence-corrected chi connectivity index (χ0v) is 14.6. The van der Waals surface area contributed by atoms with Crippen molar-refractivity contribution >= 4 is 27.7 Å². The Bertz CT molecular complexity index is 771. The van der Waals surface area contributed by atoms with Gasteiger partial charge in [0.1, 0.15) is 0 Å². The summed E-state index contributed by atoms with van der Waals surface area (Å²) < 4.78 is 31.3. The first-order valence-electron chi connectivity index (χ1n) is 7.83. The van der Waals surface area contributed by atoms with Crippen LogP contribution in [-0.2, 0) is 24.3 Å². The van der Waals surface area contributed by atoms with Gasteiger partial charge in [-0.05, 0) is 31.9 Å². The van der Waals surface area contributed by atoms with Crippen molar-refractivity contribution in [3.63, 3.8) is 0 Å². The van der Waals surface area contributed by atoms with E-state index in [-0.39, 0.29) is 47.8 Å². The number of ketones is 1. The molecule has 1 aromatic carbocycles. The molecule has 1 aliphatic carbocycles. The Hall–Kier alpha value is -2.26. The summed E-state index contributed by atoms with van der Waals surface area (Å²) in [7, 11) is -3.84. The molecule has 0 saturated heterocycles. The van der Waals surface area contributed by atoms with Crippen molar-refractivity contribution in [3.05, 3.63) is 29.8 Å². The monoisotopic (exact) mass is 368 g/mol. The molecule has 1 aromatic rings. The number of ether oxygens (including phenoxy) is 1. The van der Waals surface area contributed by atoms with Gasteiger partial charge in [0.15, 0.2) is 12.4 Å². The van der Waals surface area contributed by atoms with Crippen LogP contribution < -0.4 is 10.0 Å². The van der Waals surface area contributed by atoms with E-state index in [1.807, 2.05) is 0 Å². The molecular formula is C16H20N2O6S. The van der Waals surface area contributed by atoms with Gasteiger partial charge in [-0.3, -0.25) is 14.4 Å². The average Bonchev–Trinajstić information content (AvgIpc) is 3.37. The molecule has 0 radical (unpaired) electrons. The van der Waals surface area contributed by atoms with Gasteiger partial charge in [0, 0.05) is 18.2 Å². The Balaban J connectivity index is 1.77. The van der Waals surface area contributed by atoms with Crippen LogP contribution in [0.4, 0.5) is 0 Å². The molecule has 9 heteroatoms. The van der Waals surface area contributed by atoms with E-state index in [2.05, 4.69) is 10.0 Å². The van der Waals surface area contributed by atoms with Crippen LogP contribution in [0.1, 0.15) is 36.5 Å². The Morgan fingerprint density at radius 1 is 1.24 bits per heavy atom. The summed E-state index contributed by atoms with van der Waals surface area (Å²) in [5, 5.41) is 2.67. The number of rotatable bonds is 9. The third-order valence-corrected chi connectivity index (χ3v) is 4.94. The molecule has 0 unspecified atom stereocenters. The minimum atomic E-state index is -3.84. The van der Waals surface area contributed by atoms with Gasteiger partial charge in [0.25, 0.3) is 5.91 Å². The third-order valence-electron chi connectivity index (χ3n) is 3.48. The van der Waals surface area contributed by atoms with E-state index in [4.69, 9.17) is 4.74 Å². The molecule has 2 N–H and O–H groups in total. The van der Waals surface area contributed by atoms with E-state index in [0.29, 0.717) is 0 Å². The lowest BCUT2D eigenvalue weighted by Crippen LogP contribution is -2.31. The average molecular weight is 368 g/mol. The molecule has 2 rings (SSSR count). The standard InChI is InChI=1S/C16H20N2O6S/c1-11(19)12-3-2-4-14(9-12)25(22,23)17-8-7-16(21)24-10-15(20)18-13-5-6-13/h2-4,9,13,17H,5-8,10H2,1H3,(H,18,20). The molecule has 1 fully saturated rings. The van der Waals surface area contributed by atoms with Gasteiger partial charge in [-0.2, -0.15) is 0 Å². The molecule has 1 saturated carbocycles. The van der Waals surface area contributed by atoms with E-state index in [1.54, 1.807) is 0 Å². The number of nitrogens with one attached hydrogen (secondary N) is 2.